The lowest BCUT2D eigenvalue weighted by molar-refractivity contribution is -0.128. The Kier molecular flexibility index (Phi) is 7.41. The number of carbonyl (C=O) groups excluding carboxylic acids is 3. The summed E-state index contributed by atoms with van der Waals surface area (Å²) in [6, 6.07) is 14.9. The van der Waals surface area contributed by atoms with Crippen molar-refractivity contribution < 1.29 is 18.8 Å². The van der Waals surface area contributed by atoms with E-state index in [2.05, 4.69) is 20.9 Å². The number of aromatic amines is 1. The molecule has 3 amide bonds. The third-order valence-corrected chi connectivity index (χ3v) is 6.14. The molecular formula is C26H26FN5O3. The van der Waals surface area contributed by atoms with Crippen LogP contribution in [0.2, 0.25) is 0 Å². The van der Waals surface area contributed by atoms with Crippen molar-refractivity contribution >= 4 is 28.6 Å². The molecule has 0 saturated carbocycles. The van der Waals surface area contributed by atoms with Gasteiger partial charge in [-0.25, -0.2) is 4.39 Å². The van der Waals surface area contributed by atoms with Crippen molar-refractivity contribution in [3.63, 3.8) is 0 Å². The molecule has 2 aromatic carbocycles. The second kappa shape index (κ2) is 10.8. The lowest BCUT2D eigenvalue weighted by Crippen LogP contribution is -2.51. The lowest BCUT2D eigenvalue weighted by atomic mass is 9.92. The van der Waals surface area contributed by atoms with Crippen LogP contribution in [0.1, 0.15) is 35.3 Å². The Bertz CT molecular complexity index is 1230. The summed E-state index contributed by atoms with van der Waals surface area (Å²) in [6.45, 7) is 0.610. The Labute approximate surface area is 201 Å². The molecule has 9 heteroatoms. The number of hydrogen-bond acceptors (Lipinski definition) is 4. The fourth-order valence-electron chi connectivity index (χ4n) is 4.26. The third kappa shape index (κ3) is 6.03. The van der Waals surface area contributed by atoms with Crippen molar-refractivity contribution in [3.8, 4) is 6.07 Å². The van der Waals surface area contributed by atoms with Crippen molar-refractivity contribution in [3.05, 3.63) is 71.7 Å². The number of piperidine rings is 1. The smallest absolute Gasteiger partial charge is 0.268 e. The maximum atomic E-state index is 13.4. The molecule has 4 N–H and O–H groups in total. The van der Waals surface area contributed by atoms with Gasteiger partial charge < -0.3 is 20.9 Å². The standard InChI is InChI=1S/C26H26FN5O3/c27-19-9-7-16(8-10-19)12-22(32-26(35)23-14-17-4-1-2-6-21(17)31-23)25(34)30-20(15-28)13-18-5-3-11-29-24(18)33/h1-2,4,6-10,14,18,20,22,31H,3,5,11-13H2,(H,29,33)(H,30,34)(H,32,35)/t18?,20-,22-/m0/s1. The number of nitrogens with one attached hydrogen (secondary N) is 4. The van der Waals surface area contributed by atoms with E-state index in [1.807, 2.05) is 30.3 Å². The molecule has 1 aliphatic rings. The zero-order valence-corrected chi connectivity index (χ0v) is 19.0. The third-order valence-electron chi connectivity index (χ3n) is 6.14. The van der Waals surface area contributed by atoms with Crippen LogP contribution in [-0.4, -0.2) is 41.3 Å². The van der Waals surface area contributed by atoms with Gasteiger partial charge in [-0.2, -0.15) is 5.26 Å². The number of benzene rings is 2. The maximum absolute atomic E-state index is 13.4. The van der Waals surface area contributed by atoms with Gasteiger partial charge in [-0.3, -0.25) is 14.4 Å². The van der Waals surface area contributed by atoms with Crippen LogP contribution in [0.15, 0.2) is 54.6 Å². The number of para-hydroxylation sites is 1. The minimum atomic E-state index is -1.02. The number of halogens is 1. The van der Waals surface area contributed by atoms with Gasteiger partial charge in [-0.05, 0) is 49.1 Å². The number of carbonyl (C=O) groups is 3. The molecule has 1 aromatic heterocycles. The fraction of sp³-hybridized carbons (Fsp3) is 0.308. The summed E-state index contributed by atoms with van der Waals surface area (Å²) in [5, 5.41) is 18.6. The summed E-state index contributed by atoms with van der Waals surface area (Å²) in [5.41, 5.74) is 1.72. The first-order chi connectivity index (χ1) is 16.9. The van der Waals surface area contributed by atoms with Crippen LogP contribution in [0.3, 0.4) is 0 Å². The van der Waals surface area contributed by atoms with Crippen molar-refractivity contribution in [1.29, 1.82) is 5.26 Å². The molecule has 1 saturated heterocycles. The van der Waals surface area contributed by atoms with Crippen LogP contribution < -0.4 is 16.0 Å². The molecule has 0 bridgehead atoms. The van der Waals surface area contributed by atoms with Crippen LogP contribution in [0.4, 0.5) is 4.39 Å². The highest BCUT2D eigenvalue weighted by molar-refractivity contribution is 6.00. The first-order valence-electron chi connectivity index (χ1n) is 11.5. The van der Waals surface area contributed by atoms with Gasteiger partial charge in [0.2, 0.25) is 11.8 Å². The zero-order chi connectivity index (χ0) is 24.8. The Morgan fingerprint density at radius 3 is 2.63 bits per heavy atom. The zero-order valence-electron chi connectivity index (χ0n) is 19.0. The van der Waals surface area contributed by atoms with Gasteiger partial charge in [-0.15, -0.1) is 0 Å². The average molecular weight is 476 g/mol. The summed E-state index contributed by atoms with van der Waals surface area (Å²) >= 11 is 0. The minimum Gasteiger partial charge on any atom is -0.356 e. The van der Waals surface area contributed by atoms with Gasteiger partial charge in [0.15, 0.2) is 0 Å². The van der Waals surface area contributed by atoms with E-state index in [9.17, 15) is 24.0 Å². The molecular weight excluding hydrogens is 449 g/mol. The molecule has 180 valence electrons. The molecule has 1 fully saturated rings. The predicted octanol–water partition coefficient (Wildman–Crippen LogP) is 2.57. The summed E-state index contributed by atoms with van der Waals surface area (Å²) in [4.78, 5) is 41.3. The normalized spacial score (nSPS) is 17.1. The number of aromatic nitrogens is 1. The van der Waals surface area contributed by atoms with E-state index in [1.165, 1.54) is 12.1 Å². The highest BCUT2D eigenvalue weighted by Gasteiger charge is 2.29. The van der Waals surface area contributed by atoms with E-state index in [4.69, 9.17) is 0 Å². The number of H-pyrrole nitrogens is 1. The molecule has 3 atom stereocenters. The molecule has 2 heterocycles. The average Bonchev–Trinajstić information content (AvgIpc) is 3.30. The first kappa shape index (κ1) is 24.0. The van der Waals surface area contributed by atoms with Gasteiger partial charge in [0.25, 0.3) is 5.91 Å². The number of rotatable bonds is 8. The highest BCUT2D eigenvalue weighted by atomic mass is 19.1. The Morgan fingerprint density at radius 1 is 1.14 bits per heavy atom. The summed E-state index contributed by atoms with van der Waals surface area (Å²) in [6.07, 6.45) is 1.75. The van der Waals surface area contributed by atoms with Crippen LogP contribution in [-0.2, 0) is 16.0 Å². The van der Waals surface area contributed by atoms with Gasteiger partial charge in [0, 0.05) is 29.8 Å². The largest absolute Gasteiger partial charge is 0.356 e. The first-order valence-corrected chi connectivity index (χ1v) is 11.5. The summed E-state index contributed by atoms with van der Waals surface area (Å²) in [5.74, 6) is -1.93. The lowest BCUT2D eigenvalue weighted by Gasteiger charge is -2.25. The fourth-order valence-corrected chi connectivity index (χ4v) is 4.26. The molecule has 0 radical (unpaired) electrons. The Morgan fingerprint density at radius 2 is 1.91 bits per heavy atom. The van der Waals surface area contributed by atoms with E-state index in [-0.39, 0.29) is 24.7 Å². The number of nitriles is 1. The van der Waals surface area contributed by atoms with E-state index in [0.29, 0.717) is 24.2 Å². The predicted molar refractivity (Wildman–Crippen MR) is 128 cm³/mol. The Balaban J connectivity index is 1.50. The topological polar surface area (TPSA) is 127 Å². The number of amides is 3. The number of fused-ring (bicyclic) bond motifs is 1. The van der Waals surface area contributed by atoms with Crippen molar-refractivity contribution in [2.75, 3.05) is 6.54 Å². The molecule has 35 heavy (non-hydrogen) atoms. The van der Waals surface area contributed by atoms with Crippen molar-refractivity contribution in [2.45, 2.75) is 37.8 Å². The van der Waals surface area contributed by atoms with Crippen LogP contribution >= 0.6 is 0 Å². The molecule has 0 aliphatic carbocycles. The van der Waals surface area contributed by atoms with E-state index in [1.54, 1.807) is 18.2 Å². The summed E-state index contributed by atoms with van der Waals surface area (Å²) in [7, 11) is 0. The molecule has 1 aliphatic heterocycles. The van der Waals surface area contributed by atoms with E-state index >= 15 is 0 Å². The molecule has 0 spiro atoms. The summed E-state index contributed by atoms with van der Waals surface area (Å²) < 4.78 is 13.4. The quantitative estimate of drug-likeness (QED) is 0.399. The second-order valence-corrected chi connectivity index (χ2v) is 8.68. The molecule has 1 unspecified atom stereocenters. The second-order valence-electron chi connectivity index (χ2n) is 8.68. The van der Waals surface area contributed by atoms with E-state index < -0.39 is 29.7 Å². The Hall–Kier alpha value is -4.19. The van der Waals surface area contributed by atoms with Gasteiger partial charge >= 0.3 is 0 Å². The molecule has 8 nitrogen and oxygen atoms in total. The van der Waals surface area contributed by atoms with Crippen LogP contribution in [0, 0.1) is 23.1 Å². The molecule has 4 rings (SSSR count). The monoisotopic (exact) mass is 475 g/mol. The maximum Gasteiger partial charge on any atom is 0.268 e. The van der Waals surface area contributed by atoms with Gasteiger partial charge in [-0.1, -0.05) is 30.3 Å². The number of hydrogen-bond donors (Lipinski definition) is 4. The van der Waals surface area contributed by atoms with Crippen molar-refractivity contribution in [1.82, 2.24) is 20.9 Å². The minimum absolute atomic E-state index is 0.0974. The van der Waals surface area contributed by atoms with Crippen LogP contribution in [0.25, 0.3) is 10.9 Å². The van der Waals surface area contributed by atoms with Gasteiger partial charge in [0.05, 0.1) is 6.07 Å². The molecule has 3 aromatic rings. The SMILES string of the molecule is N#C[C@H](CC1CCCNC1=O)NC(=O)[C@H](Cc1ccc(F)cc1)NC(=O)c1cc2ccccc2[nH]1. The van der Waals surface area contributed by atoms with Gasteiger partial charge in [0.1, 0.15) is 23.6 Å². The highest BCUT2D eigenvalue weighted by Crippen LogP contribution is 2.18. The number of nitrogens with zero attached hydrogens (tertiary/aromatic N) is 1. The van der Waals surface area contributed by atoms with Crippen molar-refractivity contribution in [2.24, 2.45) is 5.92 Å². The van der Waals surface area contributed by atoms with Crippen LogP contribution in [0.5, 0.6) is 0 Å². The van der Waals surface area contributed by atoms with E-state index in [0.717, 1.165) is 17.3 Å².